The average Bonchev–Trinajstić information content (AvgIpc) is 3.07. The van der Waals surface area contributed by atoms with Gasteiger partial charge >= 0.3 is 11.9 Å². The van der Waals surface area contributed by atoms with Gasteiger partial charge in [-0.2, -0.15) is 0 Å². The van der Waals surface area contributed by atoms with E-state index in [2.05, 4.69) is 5.32 Å². The maximum Gasteiger partial charge on any atom is 0.341 e. The van der Waals surface area contributed by atoms with Crippen molar-refractivity contribution in [3.63, 3.8) is 0 Å². The number of hydrogen-bond donors (Lipinski definition) is 1. The van der Waals surface area contributed by atoms with Gasteiger partial charge in [0, 0.05) is 22.8 Å². The zero-order valence-corrected chi connectivity index (χ0v) is 19.7. The van der Waals surface area contributed by atoms with Crippen LogP contribution < -0.4 is 5.32 Å². The van der Waals surface area contributed by atoms with Crippen LogP contribution in [0, 0.1) is 5.92 Å². The van der Waals surface area contributed by atoms with E-state index in [1.54, 1.807) is 37.4 Å². The zero-order valence-electron chi connectivity index (χ0n) is 18.1. The Kier molecular flexibility index (Phi) is 9.39. The van der Waals surface area contributed by atoms with Gasteiger partial charge in [0.05, 0.1) is 17.7 Å². The van der Waals surface area contributed by atoms with E-state index < -0.39 is 35.3 Å². The Labute approximate surface area is 188 Å². The Morgan fingerprint density at radius 3 is 2.55 bits per heavy atom. The van der Waals surface area contributed by atoms with Crippen molar-refractivity contribution in [3.8, 4) is 0 Å². The van der Waals surface area contributed by atoms with Gasteiger partial charge in [-0.15, -0.1) is 11.3 Å². The number of ether oxygens (including phenoxy) is 2. The molecule has 7 nitrogen and oxygen atoms in total. The fraction of sp³-hybridized carbons (Fsp3) is 0.409. The van der Waals surface area contributed by atoms with Crippen molar-refractivity contribution < 1.29 is 28.1 Å². The van der Waals surface area contributed by atoms with Crippen LogP contribution in [0.15, 0.2) is 29.6 Å². The van der Waals surface area contributed by atoms with Crippen molar-refractivity contribution in [1.29, 1.82) is 0 Å². The van der Waals surface area contributed by atoms with Crippen LogP contribution in [0.3, 0.4) is 0 Å². The second-order valence-electron chi connectivity index (χ2n) is 7.33. The predicted octanol–water partition coefficient (Wildman–Crippen LogP) is 3.80. The molecular weight excluding hydrogens is 438 g/mol. The molecular formula is C22H27NO6S2. The third-order valence-electron chi connectivity index (χ3n) is 4.09. The molecule has 0 aliphatic heterocycles. The Morgan fingerprint density at radius 2 is 1.90 bits per heavy atom. The first kappa shape index (κ1) is 24.7. The molecule has 0 saturated carbocycles. The van der Waals surface area contributed by atoms with Gasteiger partial charge in [0.25, 0.3) is 5.91 Å². The molecule has 0 fully saturated rings. The SMILES string of the molecule is CCOC(=O)c1c(CC(C)C)csc1NC(=O)COC(=O)c1cccc(CS(C)=O)c1. The highest BCUT2D eigenvalue weighted by Crippen LogP contribution is 2.31. The molecule has 168 valence electrons. The highest BCUT2D eigenvalue weighted by atomic mass is 32.2. The van der Waals surface area contributed by atoms with Crippen molar-refractivity contribution in [2.45, 2.75) is 32.9 Å². The molecule has 0 aliphatic rings. The molecule has 1 aromatic carbocycles. The van der Waals surface area contributed by atoms with Crippen molar-refractivity contribution in [3.05, 3.63) is 51.9 Å². The quantitative estimate of drug-likeness (QED) is 0.536. The van der Waals surface area contributed by atoms with E-state index in [9.17, 15) is 18.6 Å². The summed E-state index contributed by atoms with van der Waals surface area (Å²) in [5.41, 5.74) is 2.18. The van der Waals surface area contributed by atoms with E-state index in [4.69, 9.17) is 9.47 Å². The summed E-state index contributed by atoms with van der Waals surface area (Å²) < 4.78 is 21.6. The molecule has 0 bridgehead atoms. The summed E-state index contributed by atoms with van der Waals surface area (Å²) in [5, 5.41) is 4.86. The van der Waals surface area contributed by atoms with Crippen LogP contribution in [0.4, 0.5) is 5.00 Å². The summed E-state index contributed by atoms with van der Waals surface area (Å²) in [5.74, 6) is -1.04. The molecule has 1 aromatic heterocycles. The van der Waals surface area contributed by atoms with Crippen molar-refractivity contribution >= 4 is 45.0 Å². The molecule has 0 saturated heterocycles. The molecule has 1 unspecified atom stereocenters. The number of benzene rings is 1. The molecule has 0 spiro atoms. The topological polar surface area (TPSA) is 98.8 Å². The Morgan fingerprint density at radius 1 is 1.16 bits per heavy atom. The zero-order chi connectivity index (χ0) is 23.0. The fourth-order valence-electron chi connectivity index (χ4n) is 2.90. The Balaban J connectivity index is 2.04. The van der Waals surface area contributed by atoms with Crippen LogP contribution >= 0.6 is 11.3 Å². The van der Waals surface area contributed by atoms with Crippen LogP contribution in [-0.4, -0.2) is 41.5 Å². The molecule has 2 rings (SSSR count). The number of anilines is 1. The highest BCUT2D eigenvalue weighted by Gasteiger charge is 2.22. The number of nitrogens with one attached hydrogen (secondary N) is 1. The molecule has 2 aromatic rings. The summed E-state index contributed by atoms with van der Waals surface area (Å²) in [7, 11) is -1.03. The van der Waals surface area contributed by atoms with Crippen molar-refractivity contribution in [2.75, 3.05) is 24.8 Å². The van der Waals surface area contributed by atoms with Gasteiger partial charge < -0.3 is 14.8 Å². The van der Waals surface area contributed by atoms with Gasteiger partial charge in [0.2, 0.25) is 0 Å². The summed E-state index contributed by atoms with van der Waals surface area (Å²) in [4.78, 5) is 37.0. The lowest BCUT2D eigenvalue weighted by Gasteiger charge is -2.10. The summed E-state index contributed by atoms with van der Waals surface area (Å²) in [6.07, 6.45) is 2.26. The summed E-state index contributed by atoms with van der Waals surface area (Å²) in [6.45, 7) is 5.53. The van der Waals surface area contributed by atoms with Crippen LogP contribution in [-0.2, 0) is 37.2 Å². The van der Waals surface area contributed by atoms with Crippen LogP contribution in [0.25, 0.3) is 0 Å². The number of esters is 2. The second kappa shape index (κ2) is 11.8. The highest BCUT2D eigenvalue weighted by molar-refractivity contribution is 7.83. The Bertz CT molecular complexity index is 967. The third-order valence-corrected chi connectivity index (χ3v) is 5.78. The molecule has 9 heteroatoms. The lowest BCUT2D eigenvalue weighted by atomic mass is 10.0. The van der Waals surface area contributed by atoms with Gasteiger partial charge in [-0.05, 0) is 47.9 Å². The van der Waals surface area contributed by atoms with Crippen LogP contribution in [0.1, 0.15) is 52.6 Å². The lowest BCUT2D eigenvalue weighted by Crippen LogP contribution is -2.22. The molecule has 1 N–H and O–H groups in total. The molecule has 1 heterocycles. The first-order valence-corrected chi connectivity index (χ1v) is 12.4. The smallest absolute Gasteiger partial charge is 0.341 e. The van der Waals surface area contributed by atoms with E-state index in [0.29, 0.717) is 28.7 Å². The number of rotatable bonds is 10. The van der Waals surface area contributed by atoms with E-state index in [-0.39, 0.29) is 12.2 Å². The number of amides is 1. The van der Waals surface area contributed by atoms with Crippen molar-refractivity contribution in [2.24, 2.45) is 5.92 Å². The average molecular weight is 466 g/mol. The predicted molar refractivity (Wildman–Crippen MR) is 122 cm³/mol. The third kappa shape index (κ3) is 7.59. The minimum Gasteiger partial charge on any atom is -0.462 e. The van der Waals surface area contributed by atoms with Gasteiger partial charge in [0.1, 0.15) is 5.00 Å². The maximum atomic E-state index is 12.4. The van der Waals surface area contributed by atoms with Gasteiger partial charge in [-0.25, -0.2) is 9.59 Å². The molecule has 1 atom stereocenters. The largest absolute Gasteiger partial charge is 0.462 e. The van der Waals surface area contributed by atoms with E-state index in [0.717, 1.165) is 11.1 Å². The molecule has 31 heavy (non-hydrogen) atoms. The maximum absolute atomic E-state index is 12.4. The Hall–Kier alpha value is -2.52. The summed E-state index contributed by atoms with van der Waals surface area (Å²) >= 11 is 1.24. The molecule has 1 amide bonds. The van der Waals surface area contributed by atoms with Gasteiger partial charge in [0.15, 0.2) is 6.61 Å². The van der Waals surface area contributed by atoms with E-state index in [1.165, 1.54) is 11.3 Å². The number of thiophene rings is 1. The summed E-state index contributed by atoms with van der Waals surface area (Å²) in [6, 6.07) is 6.61. The lowest BCUT2D eigenvalue weighted by molar-refractivity contribution is -0.119. The van der Waals surface area contributed by atoms with Crippen LogP contribution in [0.2, 0.25) is 0 Å². The molecule has 0 aliphatic carbocycles. The monoisotopic (exact) mass is 465 g/mol. The number of carbonyl (C=O) groups is 3. The van der Waals surface area contributed by atoms with Crippen molar-refractivity contribution in [1.82, 2.24) is 0 Å². The first-order chi connectivity index (χ1) is 14.7. The van der Waals surface area contributed by atoms with Crippen LogP contribution in [0.5, 0.6) is 0 Å². The number of hydrogen-bond acceptors (Lipinski definition) is 7. The first-order valence-electron chi connectivity index (χ1n) is 9.84. The minimum absolute atomic E-state index is 0.228. The molecule has 0 radical (unpaired) electrons. The normalized spacial score (nSPS) is 11.8. The van der Waals surface area contributed by atoms with Gasteiger partial charge in [-0.3, -0.25) is 9.00 Å². The minimum atomic E-state index is -1.03. The standard InChI is InChI=1S/C22H27NO6S2/c1-5-28-22(26)19-17(9-14(2)3)12-30-20(19)23-18(24)11-29-21(25)16-8-6-7-15(10-16)13-31(4)27/h6-8,10,12,14H,5,9,11,13H2,1-4H3,(H,23,24). The van der Waals surface area contributed by atoms with E-state index >= 15 is 0 Å². The number of carbonyl (C=O) groups excluding carboxylic acids is 3. The van der Waals surface area contributed by atoms with E-state index in [1.807, 2.05) is 19.2 Å². The fourth-order valence-corrected chi connectivity index (χ4v) is 4.53. The second-order valence-corrected chi connectivity index (χ2v) is 9.64. The van der Waals surface area contributed by atoms with Gasteiger partial charge in [-0.1, -0.05) is 26.0 Å².